The Balaban J connectivity index is 2.06. The molecule has 1 aromatic carbocycles. The van der Waals surface area contributed by atoms with Gasteiger partial charge in [-0.05, 0) is 45.7 Å². The van der Waals surface area contributed by atoms with Gasteiger partial charge in [0.15, 0.2) is 0 Å². The quantitative estimate of drug-likeness (QED) is 0.814. The Morgan fingerprint density at radius 1 is 1.36 bits per heavy atom. The second-order valence-corrected chi connectivity index (χ2v) is 7.54. The van der Waals surface area contributed by atoms with Crippen molar-refractivity contribution in [2.45, 2.75) is 44.8 Å². The fourth-order valence-corrected chi connectivity index (χ4v) is 2.86. The highest BCUT2D eigenvalue weighted by Gasteiger charge is 2.38. The number of ether oxygens (including phenoxy) is 1. The van der Waals surface area contributed by atoms with E-state index in [2.05, 4.69) is 15.9 Å². The lowest BCUT2D eigenvalue weighted by molar-refractivity contribution is -0.0374. The van der Waals surface area contributed by atoms with Crippen LogP contribution in [-0.4, -0.2) is 34.8 Å². The Morgan fingerprint density at radius 2 is 1.95 bits per heavy atom. The van der Waals surface area contributed by atoms with Gasteiger partial charge in [-0.3, -0.25) is 0 Å². The van der Waals surface area contributed by atoms with Gasteiger partial charge < -0.3 is 14.7 Å². The van der Waals surface area contributed by atoms with Gasteiger partial charge in [-0.15, -0.1) is 0 Å². The minimum Gasteiger partial charge on any atom is -0.444 e. The molecule has 22 heavy (non-hydrogen) atoms. The third-order valence-electron chi connectivity index (χ3n) is 3.67. The molecule has 2 rings (SSSR count). The van der Waals surface area contributed by atoms with Gasteiger partial charge in [0.05, 0.1) is 5.60 Å². The number of rotatable bonds is 1. The molecule has 0 radical (unpaired) electrons. The normalized spacial score (nSPS) is 18.2. The molecule has 1 amide bonds. The highest BCUT2D eigenvalue weighted by molar-refractivity contribution is 9.10. The zero-order valence-electron chi connectivity index (χ0n) is 13.0. The van der Waals surface area contributed by atoms with Gasteiger partial charge in [0.2, 0.25) is 0 Å². The maximum Gasteiger partial charge on any atom is 0.410 e. The smallest absolute Gasteiger partial charge is 0.410 e. The second-order valence-electron chi connectivity index (χ2n) is 6.62. The van der Waals surface area contributed by atoms with Gasteiger partial charge in [-0.25, -0.2) is 9.18 Å². The average molecular weight is 374 g/mol. The van der Waals surface area contributed by atoms with Crippen LogP contribution in [0.1, 0.15) is 39.2 Å². The largest absolute Gasteiger partial charge is 0.444 e. The molecular formula is C16H21BrFNO3. The van der Waals surface area contributed by atoms with Crippen molar-refractivity contribution in [1.82, 2.24) is 4.90 Å². The standard InChI is InChI=1S/C16H21BrFNO3/c1-15(2,3)22-14(20)19-8-6-16(21,7-9-19)12-5-4-11(17)10-13(12)18/h4-5,10,21H,6-9H2,1-3H3. The van der Waals surface area contributed by atoms with Crippen molar-refractivity contribution in [3.63, 3.8) is 0 Å². The van der Waals surface area contributed by atoms with Crippen LogP contribution in [0.25, 0.3) is 0 Å². The summed E-state index contributed by atoms with van der Waals surface area (Å²) in [7, 11) is 0. The summed E-state index contributed by atoms with van der Waals surface area (Å²) < 4.78 is 20.0. The number of likely N-dealkylation sites (tertiary alicyclic amines) is 1. The summed E-state index contributed by atoms with van der Waals surface area (Å²) in [6.07, 6.45) is 0.168. The highest BCUT2D eigenvalue weighted by Crippen LogP contribution is 2.35. The average Bonchev–Trinajstić information content (AvgIpc) is 2.36. The summed E-state index contributed by atoms with van der Waals surface area (Å²) >= 11 is 3.20. The third kappa shape index (κ3) is 3.98. The van der Waals surface area contributed by atoms with E-state index >= 15 is 0 Å². The van der Waals surface area contributed by atoms with Crippen molar-refractivity contribution in [3.05, 3.63) is 34.1 Å². The Labute approximate surface area is 138 Å². The summed E-state index contributed by atoms with van der Waals surface area (Å²) in [5.74, 6) is -0.442. The zero-order valence-corrected chi connectivity index (χ0v) is 14.6. The molecule has 0 bridgehead atoms. The van der Waals surface area contributed by atoms with Crippen LogP contribution >= 0.6 is 15.9 Å². The van der Waals surface area contributed by atoms with E-state index in [1.165, 1.54) is 6.07 Å². The van der Waals surface area contributed by atoms with Gasteiger partial charge in [0.1, 0.15) is 11.4 Å². The fourth-order valence-electron chi connectivity index (χ4n) is 2.52. The summed E-state index contributed by atoms with van der Waals surface area (Å²) in [6.45, 7) is 6.09. The monoisotopic (exact) mass is 373 g/mol. The van der Waals surface area contributed by atoms with Gasteiger partial charge in [0, 0.05) is 23.1 Å². The third-order valence-corrected chi connectivity index (χ3v) is 4.17. The Bertz CT molecular complexity index is 563. The van der Waals surface area contributed by atoms with Crippen LogP contribution in [0, 0.1) is 5.82 Å². The number of halogens is 2. The van der Waals surface area contributed by atoms with Crippen LogP contribution in [0.2, 0.25) is 0 Å². The van der Waals surface area contributed by atoms with E-state index in [-0.39, 0.29) is 18.4 Å². The zero-order chi connectivity index (χ0) is 16.5. The topological polar surface area (TPSA) is 49.8 Å². The van der Waals surface area contributed by atoms with Gasteiger partial charge in [-0.2, -0.15) is 0 Å². The number of carbonyl (C=O) groups is 1. The summed E-state index contributed by atoms with van der Waals surface area (Å²) in [5, 5.41) is 10.7. The SMILES string of the molecule is CC(C)(C)OC(=O)N1CCC(O)(c2ccc(Br)cc2F)CC1. The van der Waals surface area contributed by atoms with Crippen LogP contribution in [0.3, 0.4) is 0 Å². The van der Waals surface area contributed by atoms with Crippen LogP contribution in [-0.2, 0) is 10.3 Å². The summed E-state index contributed by atoms with van der Waals surface area (Å²) in [6, 6.07) is 4.63. The molecule has 1 aliphatic heterocycles. The molecule has 122 valence electrons. The first-order valence-electron chi connectivity index (χ1n) is 7.27. The maximum absolute atomic E-state index is 14.1. The first kappa shape index (κ1) is 17.2. The van der Waals surface area contributed by atoms with Gasteiger partial charge in [-0.1, -0.05) is 22.0 Å². The molecule has 1 aliphatic rings. The van der Waals surface area contributed by atoms with E-state index in [4.69, 9.17) is 4.74 Å². The minimum atomic E-state index is -1.25. The van der Waals surface area contributed by atoms with E-state index in [0.29, 0.717) is 17.6 Å². The molecule has 0 atom stereocenters. The predicted octanol–water partition coefficient (Wildman–Crippen LogP) is 3.81. The van der Waals surface area contributed by atoms with Crippen molar-refractivity contribution in [2.24, 2.45) is 0 Å². The van der Waals surface area contributed by atoms with Crippen LogP contribution in [0.5, 0.6) is 0 Å². The lowest BCUT2D eigenvalue weighted by Gasteiger charge is -2.39. The number of benzene rings is 1. The van der Waals surface area contributed by atoms with Crippen molar-refractivity contribution < 1.29 is 19.0 Å². The number of amides is 1. The summed E-state index contributed by atoms with van der Waals surface area (Å²) in [4.78, 5) is 13.6. The fraction of sp³-hybridized carbons (Fsp3) is 0.562. The molecule has 1 fully saturated rings. The van der Waals surface area contributed by atoms with Crippen LogP contribution in [0.4, 0.5) is 9.18 Å². The number of piperidine rings is 1. The van der Waals surface area contributed by atoms with Crippen molar-refractivity contribution >= 4 is 22.0 Å². The predicted molar refractivity (Wildman–Crippen MR) is 85.0 cm³/mol. The van der Waals surface area contributed by atoms with E-state index < -0.39 is 23.1 Å². The molecule has 0 aromatic heterocycles. The Hall–Kier alpha value is -1.14. The first-order chi connectivity index (χ1) is 10.1. The maximum atomic E-state index is 14.1. The number of carbonyl (C=O) groups excluding carboxylic acids is 1. The van der Waals surface area contributed by atoms with Gasteiger partial charge in [0.25, 0.3) is 0 Å². The van der Waals surface area contributed by atoms with Gasteiger partial charge >= 0.3 is 6.09 Å². The molecule has 1 N–H and O–H groups in total. The van der Waals surface area contributed by atoms with Crippen LogP contribution in [0.15, 0.2) is 22.7 Å². The van der Waals surface area contributed by atoms with E-state index in [9.17, 15) is 14.3 Å². The van der Waals surface area contributed by atoms with E-state index in [1.807, 2.05) is 20.8 Å². The van der Waals surface area contributed by atoms with E-state index in [1.54, 1.807) is 17.0 Å². The number of nitrogens with zero attached hydrogens (tertiary/aromatic N) is 1. The molecule has 0 aliphatic carbocycles. The number of hydrogen-bond acceptors (Lipinski definition) is 3. The second kappa shape index (κ2) is 6.16. The molecular weight excluding hydrogens is 353 g/mol. The highest BCUT2D eigenvalue weighted by atomic mass is 79.9. The molecule has 0 unspecified atom stereocenters. The van der Waals surface area contributed by atoms with E-state index in [0.717, 1.165) is 0 Å². The molecule has 0 saturated carbocycles. The molecule has 1 heterocycles. The lowest BCUT2D eigenvalue weighted by atomic mass is 9.84. The van der Waals surface area contributed by atoms with Crippen molar-refractivity contribution in [3.8, 4) is 0 Å². The Morgan fingerprint density at radius 3 is 2.45 bits per heavy atom. The van der Waals surface area contributed by atoms with Crippen molar-refractivity contribution in [1.29, 1.82) is 0 Å². The van der Waals surface area contributed by atoms with Crippen molar-refractivity contribution in [2.75, 3.05) is 13.1 Å². The first-order valence-corrected chi connectivity index (χ1v) is 8.06. The molecule has 1 saturated heterocycles. The summed E-state index contributed by atoms with van der Waals surface area (Å²) in [5.41, 5.74) is -1.52. The molecule has 6 heteroatoms. The Kier molecular flexibility index (Phi) is 4.82. The molecule has 4 nitrogen and oxygen atoms in total. The minimum absolute atomic E-state index is 0.277. The molecule has 1 aromatic rings. The molecule has 0 spiro atoms. The number of aliphatic hydroxyl groups is 1. The lowest BCUT2D eigenvalue weighted by Crippen LogP contribution is -2.47. The number of hydrogen-bond donors (Lipinski definition) is 1. The van der Waals surface area contributed by atoms with Crippen LogP contribution < -0.4 is 0 Å².